The molecule has 0 radical (unpaired) electrons. The molecule has 1 saturated heterocycles. The second kappa shape index (κ2) is 5.57. The van der Waals surface area contributed by atoms with Gasteiger partial charge in [-0.1, -0.05) is 0 Å². The lowest BCUT2D eigenvalue weighted by Crippen LogP contribution is -2.43. The molecule has 0 saturated carbocycles. The maximum atomic E-state index is 12.0. The Balaban J connectivity index is 2.12. The molecular formula is C14H21N3O2. The number of ether oxygens (including phenoxy) is 1. The lowest BCUT2D eigenvalue weighted by Gasteiger charge is -2.28. The van der Waals surface area contributed by atoms with Crippen molar-refractivity contribution < 1.29 is 9.53 Å². The number of nitrogens with zero attached hydrogens (tertiary/aromatic N) is 2. The summed E-state index contributed by atoms with van der Waals surface area (Å²) in [7, 11) is 0. The maximum Gasteiger partial charge on any atom is 0.338 e. The first-order valence-corrected chi connectivity index (χ1v) is 6.61. The molecule has 2 rings (SSSR count). The third-order valence-electron chi connectivity index (χ3n) is 2.82. The Morgan fingerprint density at radius 1 is 1.37 bits per heavy atom. The number of rotatable bonds is 2. The molecular weight excluding hydrogens is 242 g/mol. The fourth-order valence-electron chi connectivity index (χ4n) is 1.95. The fraction of sp³-hybridized carbons (Fsp3) is 0.571. The Morgan fingerprint density at radius 3 is 2.68 bits per heavy atom. The van der Waals surface area contributed by atoms with Crippen LogP contribution in [0.25, 0.3) is 0 Å². The summed E-state index contributed by atoms with van der Waals surface area (Å²) in [6, 6.07) is 3.50. The van der Waals surface area contributed by atoms with E-state index in [0.29, 0.717) is 5.56 Å². The molecule has 1 aromatic rings. The maximum absolute atomic E-state index is 12.0. The summed E-state index contributed by atoms with van der Waals surface area (Å²) in [5, 5.41) is 3.29. The monoisotopic (exact) mass is 263 g/mol. The molecule has 104 valence electrons. The largest absolute Gasteiger partial charge is 0.456 e. The number of nitrogens with one attached hydrogen (secondary N) is 1. The number of carbonyl (C=O) groups is 1. The van der Waals surface area contributed by atoms with E-state index < -0.39 is 5.60 Å². The summed E-state index contributed by atoms with van der Waals surface area (Å²) in [6.45, 7) is 9.29. The molecule has 0 spiro atoms. The zero-order valence-electron chi connectivity index (χ0n) is 11.8. The van der Waals surface area contributed by atoms with Gasteiger partial charge in [-0.3, -0.25) is 0 Å². The summed E-state index contributed by atoms with van der Waals surface area (Å²) in [4.78, 5) is 18.5. The average Bonchev–Trinajstić information content (AvgIpc) is 2.38. The van der Waals surface area contributed by atoms with Gasteiger partial charge >= 0.3 is 5.97 Å². The summed E-state index contributed by atoms with van der Waals surface area (Å²) in [5.74, 6) is 0.538. The summed E-state index contributed by atoms with van der Waals surface area (Å²) < 4.78 is 5.37. The van der Waals surface area contributed by atoms with Crippen LogP contribution in [-0.4, -0.2) is 42.7 Å². The van der Waals surface area contributed by atoms with E-state index in [-0.39, 0.29) is 5.97 Å². The predicted molar refractivity (Wildman–Crippen MR) is 74.5 cm³/mol. The normalized spacial score (nSPS) is 16.3. The van der Waals surface area contributed by atoms with Gasteiger partial charge in [-0.2, -0.15) is 0 Å². The standard InChI is InChI=1S/C14H21N3O2/c1-14(2,3)19-13(18)11-4-5-16-12(10-11)17-8-6-15-7-9-17/h4-5,10,15H,6-9H2,1-3H3. The van der Waals surface area contributed by atoms with Crippen LogP contribution in [0.5, 0.6) is 0 Å². The van der Waals surface area contributed by atoms with Crippen LogP contribution in [0.4, 0.5) is 5.82 Å². The fourth-order valence-corrected chi connectivity index (χ4v) is 1.95. The molecule has 5 nitrogen and oxygen atoms in total. The lowest BCUT2D eigenvalue weighted by molar-refractivity contribution is 0.00694. The van der Waals surface area contributed by atoms with Gasteiger partial charge in [0.25, 0.3) is 0 Å². The summed E-state index contributed by atoms with van der Waals surface area (Å²) >= 11 is 0. The van der Waals surface area contributed by atoms with Gasteiger partial charge in [0.05, 0.1) is 5.56 Å². The van der Waals surface area contributed by atoms with Crippen molar-refractivity contribution in [1.29, 1.82) is 0 Å². The molecule has 1 aliphatic heterocycles. The molecule has 0 unspecified atom stereocenters. The molecule has 5 heteroatoms. The van der Waals surface area contributed by atoms with Crippen molar-refractivity contribution in [2.24, 2.45) is 0 Å². The van der Waals surface area contributed by atoms with E-state index in [0.717, 1.165) is 32.0 Å². The van der Waals surface area contributed by atoms with Crippen LogP contribution in [-0.2, 0) is 4.74 Å². The van der Waals surface area contributed by atoms with Crippen molar-refractivity contribution in [3.63, 3.8) is 0 Å². The molecule has 0 amide bonds. The van der Waals surface area contributed by atoms with Crippen LogP contribution in [0, 0.1) is 0 Å². The van der Waals surface area contributed by atoms with Gasteiger partial charge in [0.2, 0.25) is 0 Å². The van der Waals surface area contributed by atoms with Crippen molar-refractivity contribution in [2.75, 3.05) is 31.1 Å². The number of hydrogen-bond donors (Lipinski definition) is 1. The number of aromatic nitrogens is 1. The van der Waals surface area contributed by atoms with Gasteiger partial charge < -0.3 is 15.0 Å². The highest BCUT2D eigenvalue weighted by molar-refractivity contribution is 5.90. The topological polar surface area (TPSA) is 54.5 Å². The number of piperazine rings is 1. The SMILES string of the molecule is CC(C)(C)OC(=O)c1ccnc(N2CCNCC2)c1. The predicted octanol–water partition coefficient (Wildman–Crippen LogP) is 1.45. The van der Waals surface area contributed by atoms with Crippen molar-refractivity contribution >= 4 is 11.8 Å². The Kier molecular flexibility index (Phi) is 4.04. The molecule has 1 aromatic heterocycles. The van der Waals surface area contributed by atoms with Crippen molar-refractivity contribution in [1.82, 2.24) is 10.3 Å². The van der Waals surface area contributed by atoms with E-state index in [1.54, 1.807) is 18.3 Å². The second-order valence-corrected chi connectivity index (χ2v) is 5.64. The molecule has 0 aromatic carbocycles. The number of hydrogen-bond acceptors (Lipinski definition) is 5. The van der Waals surface area contributed by atoms with Crippen LogP contribution in [0.1, 0.15) is 31.1 Å². The van der Waals surface area contributed by atoms with E-state index in [9.17, 15) is 4.79 Å². The summed E-state index contributed by atoms with van der Waals surface area (Å²) in [6.07, 6.45) is 1.66. The highest BCUT2D eigenvalue weighted by Crippen LogP contribution is 2.16. The van der Waals surface area contributed by atoms with Crippen LogP contribution in [0.15, 0.2) is 18.3 Å². The molecule has 0 aliphatic carbocycles. The minimum atomic E-state index is -0.477. The lowest BCUT2D eigenvalue weighted by atomic mass is 10.2. The number of esters is 1. The first kappa shape index (κ1) is 13.8. The molecule has 1 N–H and O–H groups in total. The smallest absolute Gasteiger partial charge is 0.338 e. The molecule has 1 aliphatic rings. The van der Waals surface area contributed by atoms with Crippen molar-refractivity contribution in [3.8, 4) is 0 Å². The number of carbonyl (C=O) groups excluding carboxylic acids is 1. The third-order valence-corrected chi connectivity index (χ3v) is 2.82. The van der Waals surface area contributed by atoms with Gasteiger partial charge in [-0.25, -0.2) is 9.78 Å². The molecule has 0 atom stereocenters. The minimum Gasteiger partial charge on any atom is -0.456 e. The van der Waals surface area contributed by atoms with Crippen molar-refractivity contribution in [2.45, 2.75) is 26.4 Å². The molecule has 2 heterocycles. The van der Waals surface area contributed by atoms with Gasteiger partial charge in [-0.05, 0) is 32.9 Å². The van der Waals surface area contributed by atoms with Gasteiger partial charge in [0, 0.05) is 32.4 Å². The van der Waals surface area contributed by atoms with E-state index >= 15 is 0 Å². The zero-order chi connectivity index (χ0) is 13.9. The molecule has 1 fully saturated rings. The first-order chi connectivity index (χ1) is 8.96. The van der Waals surface area contributed by atoms with E-state index in [4.69, 9.17) is 4.74 Å². The summed E-state index contributed by atoms with van der Waals surface area (Å²) in [5.41, 5.74) is 0.0775. The Hall–Kier alpha value is -1.62. The van der Waals surface area contributed by atoms with E-state index in [1.807, 2.05) is 20.8 Å². The second-order valence-electron chi connectivity index (χ2n) is 5.64. The van der Waals surface area contributed by atoms with Crippen LogP contribution < -0.4 is 10.2 Å². The quantitative estimate of drug-likeness (QED) is 0.818. The Bertz CT molecular complexity index is 448. The van der Waals surface area contributed by atoms with E-state index in [1.165, 1.54) is 0 Å². The first-order valence-electron chi connectivity index (χ1n) is 6.61. The van der Waals surface area contributed by atoms with E-state index in [2.05, 4.69) is 15.2 Å². The van der Waals surface area contributed by atoms with Gasteiger partial charge in [0.15, 0.2) is 0 Å². The number of pyridine rings is 1. The van der Waals surface area contributed by atoms with Crippen LogP contribution >= 0.6 is 0 Å². The third kappa shape index (κ3) is 3.92. The Morgan fingerprint density at radius 2 is 2.05 bits per heavy atom. The van der Waals surface area contributed by atoms with Gasteiger partial charge in [-0.15, -0.1) is 0 Å². The van der Waals surface area contributed by atoms with Crippen LogP contribution in [0.2, 0.25) is 0 Å². The average molecular weight is 263 g/mol. The molecule has 19 heavy (non-hydrogen) atoms. The van der Waals surface area contributed by atoms with Crippen molar-refractivity contribution in [3.05, 3.63) is 23.9 Å². The van der Waals surface area contributed by atoms with Crippen LogP contribution in [0.3, 0.4) is 0 Å². The highest BCUT2D eigenvalue weighted by Gasteiger charge is 2.19. The highest BCUT2D eigenvalue weighted by atomic mass is 16.6. The van der Waals surface area contributed by atoms with Gasteiger partial charge in [0.1, 0.15) is 11.4 Å². The molecule has 0 bridgehead atoms. The minimum absolute atomic E-state index is 0.300. The zero-order valence-corrected chi connectivity index (χ0v) is 11.8. The Labute approximate surface area is 114 Å². The number of anilines is 1.